The fraction of sp³-hybridized carbons (Fsp3) is 0.333. The van der Waals surface area contributed by atoms with E-state index in [9.17, 15) is 0 Å². The highest BCUT2D eigenvalue weighted by Crippen LogP contribution is 2.18. The lowest BCUT2D eigenvalue weighted by atomic mass is 10.1. The third kappa shape index (κ3) is 2.46. The van der Waals surface area contributed by atoms with E-state index in [-0.39, 0.29) is 6.04 Å². The molecule has 0 amide bonds. The summed E-state index contributed by atoms with van der Waals surface area (Å²) in [5, 5.41) is 7.96. The Morgan fingerprint density at radius 2 is 1.94 bits per heavy atom. The smallest absolute Gasteiger partial charge is 0.247 e. The maximum absolute atomic E-state index is 5.66. The van der Waals surface area contributed by atoms with Gasteiger partial charge in [0.05, 0.1) is 0 Å². The first kappa shape index (κ1) is 10.8. The van der Waals surface area contributed by atoms with Crippen molar-refractivity contribution in [1.82, 2.24) is 10.2 Å². The molecule has 0 aliphatic heterocycles. The minimum atomic E-state index is 0.0336. The van der Waals surface area contributed by atoms with Crippen LogP contribution in [0.3, 0.4) is 0 Å². The molecule has 2 N–H and O–H groups in total. The van der Waals surface area contributed by atoms with E-state index >= 15 is 0 Å². The van der Waals surface area contributed by atoms with Crippen molar-refractivity contribution in [1.29, 1.82) is 0 Å². The molecule has 1 unspecified atom stereocenters. The molecule has 0 saturated heterocycles. The van der Waals surface area contributed by atoms with Crippen molar-refractivity contribution in [2.45, 2.75) is 26.3 Å². The van der Waals surface area contributed by atoms with Crippen molar-refractivity contribution in [2.24, 2.45) is 5.73 Å². The number of aryl methyl sites for hydroxylation is 1. The number of aromatic nitrogens is 2. The van der Waals surface area contributed by atoms with Crippen LogP contribution >= 0.6 is 0 Å². The second-order valence-corrected chi connectivity index (χ2v) is 4.05. The highest BCUT2D eigenvalue weighted by atomic mass is 16.4. The van der Waals surface area contributed by atoms with Crippen LogP contribution in [0.25, 0.3) is 11.5 Å². The molecular formula is C12H15N3O. The van der Waals surface area contributed by atoms with Crippen molar-refractivity contribution >= 4 is 0 Å². The van der Waals surface area contributed by atoms with Gasteiger partial charge in [-0.05, 0) is 26.0 Å². The van der Waals surface area contributed by atoms with Gasteiger partial charge in [0.1, 0.15) is 0 Å². The lowest BCUT2D eigenvalue weighted by molar-refractivity contribution is 0.487. The molecule has 2 rings (SSSR count). The fourth-order valence-electron chi connectivity index (χ4n) is 1.42. The predicted octanol–water partition coefficient (Wildman–Crippen LogP) is 1.93. The zero-order valence-corrected chi connectivity index (χ0v) is 9.47. The Morgan fingerprint density at radius 1 is 1.25 bits per heavy atom. The van der Waals surface area contributed by atoms with Gasteiger partial charge in [0, 0.05) is 18.0 Å². The highest BCUT2D eigenvalue weighted by molar-refractivity contribution is 5.52. The van der Waals surface area contributed by atoms with Gasteiger partial charge >= 0.3 is 0 Å². The van der Waals surface area contributed by atoms with E-state index in [1.54, 1.807) is 0 Å². The molecule has 0 spiro atoms. The predicted molar refractivity (Wildman–Crippen MR) is 61.8 cm³/mol. The Balaban J connectivity index is 2.21. The van der Waals surface area contributed by atoms with E-state index in [0.717, 1.165) is 5.56 Å². The number of benzene rings is 1. The summed E-state index contributed by atoms with van der Waals surface area (Å²) < 4.78 is 5.52. The van der Waals surface area contributed by atoms with E-state index in [1.165, 1.54) is 5.56 Å². The van der Waals surface area contributed by atoms with Crippen molar-refractivity contribution in [2.75, 3.05) is 0 Å². The molecule has 0 bridgehead atoms. The van der Waals surface area contributed by atoms with Crippen molar-refractivity contribution < 1.29 is 4.42 Å². The first-order valence-electron chi connectivity index (χ1n) is 5.30. The quantitative estimate of drug-likeness (QED) is 0.853. The third-order valence-electron chi connectivity index (χ3n) is 2.26. The van der Waals surface area contributed by atoms with E-state index in [4.69, 9.17) is 10.2 Å². The Bertz CT molecular complexity index is 459. The SMILES string of the molecule is Cc1ccc(-c2nnc(CC(C)N)o2)cc1. The lowest BCUT2D eigenvalue weighted by Gasteiger charge is -1.98. The molecule has 84 valence electrons. The van der Waals surface area contributed by atoms with E-state index in [2.05, 4.69) is 10.2 Å². The summed E-state index contributed by atoms with van der Waals surface area (Å²) in [6, 6.07) is 8.01. The monoisotopic (exact) mass is 217 g/mol. The normalized spacial score (nSPS) is 12.7. The van der Waals surface area contributed by atoms with Gasteiger partial charge in [-0.15, -0.1) is 10.2 Å². The Labute approximate surface area is 94.5 Å². The first-order chi connectivity index (χ1) is 7.65. The fourth-order valence-corrected chi connectivity index (χ4v) is 1.42. The molecule has 0 saturated carbocycles. The van der Waals surface area contributed by atoms with Crippen LogP contribution in [0.2, 0.25) is 0 Å². The Hall–Kier alpha value is -1.68. The zero-order valence-electron chi connectivity index (χ0n) is 9.47. The van der Waals surface area contributed by atoms with Gasteiger partial charge in [0.2, 0.25) is 11.8 Å². The molecule has 4 nitrogen and oxygen atoms in total. The van der Waals surface area contributed by atoms with Gasteiger partial charge in [0.15, 0.2) is 0 Å². The lowest BCUT2D eigenvalue weighted by Crippen LogP contribution is -2.17. The van der Waals surface area contributed by atoms with Crippen molar-refractivity contribution in [3.05, 3.63) is 35.7 Å². The molecule has 2 aromatic rings. The van der Waals surface area contributed by atoms with Gasteiger partial charge in [-0.1, -0.05) is 17.7 Å². The number of hydrogen-bond acceptors (Lipinski definition) is 4. The summed E-state index contributed by atoms with van der Waals surface area (Å²) in [6.07, 6.45) is 0.610. The summed E-state index contributed by atoms with van der Waals surface area (Å²) in [5.41, 5.74) is 7.81. The van der Waals surface area contributed by atoms with Crippen LogP contribution in [0, 0.1) is 6.92 Å². The van der Waals surface area contributed by atoms with Crippen LogP contribution in [-0.2, 0) is 6.42 Å². The third-order valence-corrected chi connectivity index (χ3v) is 2.26. The second kappa shape index (κ2) is 4.45. The standard InChI is InChI=1S/C12H15N3O/c1-8-3-5-10(6-4-8)12-15-14-11(16-12)7-9(2)13/h3-6,9H,7,13H2,1-2H3. The Kier molecular flexibility index (Phi) is 3.01. The molecule has 1 atom stereocenters. The van der Waals surface area contributed by atoms with Gasteiger partial charge < -0.3 is 10.2 Å². The second-order valence-electron chi connectivity index (χ2n) is 4.05. The number of nitrogens with two attached hydrogens (primary N) is 1. The average Bonchev–Trinajstić information content (AvgIpc) is 2.66. The number of rotatable bonds is 3. The average molecular weight is 217 g/mol. The molecule has 0 aliphatic carbocycles. The minimum absolute atomic E-state index is 0.0336. The van der Waals surface area contributed by atoms with Crippen LogP contribution in [0.15, 0.2) is 28.7 Å². The zero-order chi connectivity index (χ0) is 11.5. The molecule has 0 radical (unpaired) electrons. The molecule has 1 aromatic heterocycles. The molecule has 0 fully saturated rings. The van der Waals surface area contributed by atoms with Crippen LogP contribution < -0.4 is 5.73 Å². The highest BCUT2D eigenvalue weighted by Gasteiger charge is 2.09. The van der Waals surface area contributed by atoms with Crippen LogP contribution in [0.4, 0.5) is 0 Å². The van der Waals surface area contributed by atoms with E-state index in [1.807, 2.05) is 38.1 Å². The molecule has 1 heterocycles. The molecule has 4 heteroatoms. The van der Waals surface area contributed by atoms with Crippen LogP contribution in [-0.4, -0.2) is 16.2 Å². The Morgan fingerprint density at radius 3 is 2.56 bits per heavy atom. The van der Waals surface area contributed by atoms with Gasteiger partial charge in [-0.2, -0.15) is 0 Å². The molecule has 1 aromatic carbocycles. The minimum Gasteiger partial charge on any atom is -0.421 e. The summed E-state index contributed by atoms with van der Waals surface area (Å²) >= 11 is 0. The summed E-state index contributed by atoms with van der Waals surface area (Å²) in [4.78, 5) is 0. The van der Waals surface area contributed by atoms with Gasteiger partial charge in [-0.3, -0.25) is 0 Å². The van der Waals surface area contributed by atoms with Gasteiger partial charge in [-0.25, -0.2) is 0 Å². The van der Waals surface area contributed by atoms with Gasteiger partial charge in [0.25, 0.3) is 0 Å². The first-order valence-corrected chi connectivity index (χ1v) is 5.30. The maximum Gasteiger partial charge on any atom is 0.247 e. The van der Waals surface area contributed by atoms with Crippen LogP contribution in [0.1, 0.15) is 18.4 Å². The van der Waals surface area contributed by atoms with Crippen LogP contribution in [0.5, 0.6) is 0 Å². The molecular weight excluding hydrogens is 202 g/mol. The van der Waals surface area contributed by atoms with E-state index in [0.29, 0.717) is 18.2 Å². The largest absolute Gasteiger partial charge is 0.421 e. The molecule has 0 aliphatic rings. The van der Waals surface area contributed by atoms with Crippen molar-refractivity contribution in [3.63, 3.8) is 0 Å². The van der Waals surface area contributed by atoms with Crippen molar-refractivity contribution in [3.8, 4) is 11.5 Å². The van der Waals surface area contributed by atoms with E-state index < -0.39 is 0 Å². The topological polar surface area (TPSA) is 64.9 Å². The summed E-state index contributed by atoms with van der Waals surface area (Å²) in [7, 11) is 0. The maximum atomic E-state index is 5.66. The summed E-state index contributed by atoms with van der Waals surface area (Å²) in [5.74, 6) is 1.14. The molecule has 16 heavy (non-hydrogen) atoms. The number of nitrogens with zero attached hydrogens (tertiary/aromatic N) is 2. The summed E-state index contributed by atoms with van der Waals surface area (Å²) in [6.45, 7) is 3.95. The number of hydrogen-bond donors (Lipinski definition) is 1.